The van der Waals surface area contributed by atoms with E-state index in [-0.39, 0.29) is 5.57 Å². The Labute approximate surface area is 88.0 Å². The van der Waals surface area contributed by atoms with Crippen molar-refractivity contribution in [2.45, 2.75) is 13.0 Å². The second kappa shape index (κ2) is 6.78. The molecule has 0 aliphatic heterocycles. The first-order valence-corrected chi connectivity index (χ1v) is 4.25. The molecule has 0 saturated heterocycles. The summed E-state index contributed by atoms with van der Waals surface area (Å²) in [7, 11) is 2.46. The number of esters is 2. The summed E-state index contributed by atoms with van der Waals surface area (Å²) in [6, 6.07) is 0. The van der Waals surface area contributed by atoms with E-state index >= 15 is 0 Å². The molecule has 1 unspecified atom stereocenters. The van der Waals surface area contributed by atoms with Gasteiger partial charge in [-0.1, -0.05) is 0 Å². The Morgan fingerprint density at radius 2 is 1.67 bits per heavy atom. The van der Waals surface area contributed by atoms with Gasteiger partial charge in [-0.25, -0.2) is 9.59 Å². The summed E-state index contributed by atoms with van der Waals surface area (Å²) in [6.45, 7) is 1.47. The zero-order valence-corrected chi connectivity index (χ0v) is 8.89. The maximum atomic E-state index is 10.9. The molecule has 0 spiro atoms. The number of aliphatic hydroxyl groups excluding tert-OH is 1. The van der Waals surface area contributed by atoms with E-state index in [9.17, 15) is 14.7 Å². The first-order valence-electron chi connectivity index (χ1n) is 4.25. The summed E-state index contributed by atoms with van der Waals surface area (Å²) in [5, 5.41) is 9.26. The van der Waals surface area contributed by atoms with Crippen LogP contribution in [0.3, 0.4) is 0 Å². The largest absolute Gasteiger partial charge is 0.466 e. The smallest absolute Gasteiger partial charge is 0.330 e. The van der Waals surface area contributed by atoms with Crippen LogP contribution in [0.4, 0.5) is 0 Å². The lowest BCUT2D eigenvalue weighted by molar-refractivity contribution is -0.135. The molecule has 5 nitrogen and oxygen atoms in total. The number of carbonyl (C=O) groups is 2. The molecule has 0 saturated carbocycles. The first kappa shape index (κ1) is 13.4. The molecule has 0 rings (SSSR count). The Hall–Kier alpha value is -1.62. The Balaban J connectivity index is 4.69. The Morgan fingerprint density at radius 3 is 2.07 bits per heavy atom. The summed E-state index contributed by atoms with van der Waals surface area (Å²) >= 11 is 0. The third kappa shape index (κ3) is 5.64. The van der Waals surface area contributed by atoms with Gasteiger partial charge in [0.05, 0.1) is 20.3 Å². The molecule has 0 bridgehead atoms. The quantitative estimate of drug-likeness (QED) is 0.411. The Kier molecular flexibility index (Phi) is 6.05. The second-order valence-corrected chi connectivity index (χ2v) is 2.70. The molecule has 0 aromatic carbocycles. The minimum atomic E-state index is -0.870. The van der Waals surface area contributed by atoms with Crippen LogP contribution in [0.1, 0.15) is 6.92 Å². The van der Waals surface area contributed by atoms with Gasteiger partial charge < -0.3 is 14.6 Å². The van der Waals surface area contributed by atoms with E-state index in [1.54, 1.807) is 0 Å². The summed E-state index contributed by atoms with van der Waals surface area (Å²) < 4.78 is 8.75. The van der Waals surface area contributed by atoms with E-state index in [4.69, 9.17) is 0 Å². The van der Waals surface area contributed by atoms with Crippen LogP contribution >= 0.6 is 0 Å². The van der Waals surface area contributed by atoms with Crippen LogP contribution in [0.15, 0.2) is 23.8 Å². The van der Waals surface area contributed by atoms with E-state index in [1.165, 1.54) is 27.2 Å². The lowest BCUT2D eigenvalue weighted by atomic mass is 10.1. The number of hydrogen-bond acceptors (Lipinski definition) is 5. The van der Waals surface area contributed by atoms with Crippen LogP contribution in [0, 0.1) is 0 Å². The number of methoxy groups -OCH3 is 2. The van der Waals surface area contributed by atoms with Crippen molar-refractivity contribution in [2.24, 2.45) is 0 Å². The van der Waals surface area contributed by atoms with Crippen molar-refractivity contribution in [1.82, 2.24) is 0 Å². The van der Waals surface area contributed by atoms with Crippen molar-refractivity contribution in [3.05, 3.63) is 23.8 Å². The maximum absolute atomic E-state index is 10.9. The highest BCUT2D eigenvalue weighted by atomic mass is 16.5. The van der Waals surface area contributed by atoms with Crippen LogP contribution < -0.4 is 0 Å². The zero-order valence-electron chi connectivity index (χ0n) is 8.89. The predicted octanol–water partition coefficient (Wildman–Crippen LogP) is 0.196. The number of rotatable bonds is 4. The molecule has 0 aliphatic carbocycles. The van der Waals surface area contributed by atoms with Gasteiger partial charge >= 0.3 is 11.9 Å². The Bertz CT molecular complexity index is 288. The fourth-order valence-corrected chi connectivity index (χ4v) is 0.735. The molecule has 0 fully saturated rings. The minimum Gasteiger partial charge on any atom is -0.466 e. The summed E-state index contributed by atoms with van der Waals surface area (Å²) in [5.41, 5.74) is 0.271. The number of ether oxygens (including phenoxy) is 2. The molecule has 15 heavy (non-hydrogen) atoms. The average Bonchev–Trinajstić information content (AvgIpc) is 2.22. The van der Waals surface area contributed by atoms with Crippen molar-refractivity contribution >= 4 is 11.9 Å². The van der Waals surface area contributed by atoms with Crippen molar-refractivity contribution < 1.29 is 24.2 Å². The maximum Gasteiger partial charge on any atom is 0.330 e. The van der Waals surface area contributed by atoms with Crippen LogP contribution in [0.2, 0.25) is 0 Å². The van der Waals surface area contributed by atoms with Gasteiger partial charge in [0.1, 0.15) is 0 Å². The monoisotopic (exact) mass is 214 g/mol. The highest BCUT2D eigenvalue weighted by molar-refractivity contribution is 5.85. The van der Waals surface area contributed by atoms with Gasteiger partial charge in [-0.05, 0) is 18.6 Å². The van der Waals surface area contributed by atoms with Crippen LogP contribution in [0.5, 0.6) is 0 Å². The van der Waals surface area contributed by atoms with E-state index in [1.807, 2.05) is 0 Å². The van der Waals surface area contributed by atoms with E-state index in [0.717, 1.165) is 12.2 Å². The van der Waals surface area contributed by atoms with Crippen molar-refractivity contribution in [3.63, 3.8) is 0 Å². The zero-order chi connectivity index (χ0) is 11.8. The van der Waals surface area contributed by atoms with Gasteiger partial charge in [-0.15, -0.1) is 0 Å². The molecular weight excluding hydrogens is 200 g/mol. The topological polar surface area (TPSA) is 72.8 Å². The van der Waals surface area contributed by atoms with Crippen molar-refractivity contribution in [2.75, 3.05) is 14.2 Å². The van der Waals surface area contributed by atoms with Gasteiger partial charge in [0.25, 0.3) is 0 Å². The SMILES string of the molecule is COC(=O)/C=C(/C=C/C(=O)OC)C(C)O. The predicted molar refractivity (Wildman–Crippen MR) is 52.9 cm³/mol. The Morgan fingerprint density at radius 1 is 1.13 bits per heavy atom. The first-order chi connectivity index (χ1) is 7.01. The average molecular weight is 214 g/mol. The lowest BCUT2D eigenvalue weighted by Crippen LogP contribution is -2.07. The standard InChI is InChI=1S/C10H14O5/c1-7(11)8(6-10(13)15-3)4-5-9(12)14-2/h4-7,11H,1-3H3/b5-4+,8-6-. The second-order valence-electron chi connectivity index (χ2n) is 2.70. The molecule has 1 atom stereocenters. The molecule has 0 heterocycles. The molecular formula is C10H14O5. The molecule has 0 aliphatic rings. The van der Waals surface area contributed by atoms with Gasteiger partial charge in [0.2, 0.25) is 0 Å². The van der Waals surface area contributed by atoms with Gasteiger partial charge in [-0.2, -0.15) is 0 Å². The fraction of sp³-hybridized carbons (Fsp3) is 0.400. The third-order valence-electron chi connectivity index (χ3n) is 1.58. The number of hydrogen-bond donors (Lipinski definition) is 1. The van der Waals surface area contributed by atoms with Crippen molar-refractivity contribution in [1.29, 1.82) is 0 Å². The minimum absolute atomic E-state index is 0.271. The molecule has 84 valence electrons. The summed E-state index contributed by atoms with van der Waals surface area (Å²) in [5.74, 6) is -1.16. The normalized spacial score (nSPS) is 13.7. The van der Waals surface area contributed by atoms with Gasteiger partial charge in [-0.3, -0.25) is 0 Å². The van der Waals surface area contributed by atoms with E-state index < -0.39 is 18.0 Å². The van der Waals surface area contributed by atoms with Crippen LogP contribution in [0.25, 0.3) is 0 Å². The number of aliphatic hydroxyl groups is 1. The highest BCUT2D eigenvalue weighted by Gasteiger charge is 2.05. The van der Waals surface area contributed by atoms with Crippen LogP contribution in [-0.4, -0.2) is 37.4 Å². The van der Waals surface area contributed by atoms with Gasteiger partial charge in [0.15, 0.2) is 0 Å². The van der Waals surface area contributed by atoms with Gasteiger partial charge in [0, 0.05) is 12.2 Å². The van der Waals surface area contributed by atoms with Crippen LogP contribution in [-0.2, 0) is 19.1 Å². The molecule has 5 heteroatoms. The molecule has 0 radical (unpaired) electrons. The number of carbonyl (C=O) groups excluding carboxylic acids is 2. The molecule has 0 aromatic heterocycles. The highest BCUT2D eigenvalue weighted by Crippen LogP contribution is 2.04. The lowest BCUT2D eigenvalue weighted by Gasteiger charge is -2.04. The third-order valence-corrected chi connectivity index (χ3v) is 1.58. The van der Waals surface area contributed by atoms with E-state index in [2.05, 4.69) is 9.47 Å². The van der Waals surface area contributed by atoms with E-state index in [0.29, 0.717) is 0 Å². The molecule has 0 amide bonds. The van der Waals surface area contributed by atoms with Crippen molar-refractivity contribution in [3.8, 4) is 0 Å². The summed E-state index contributed by atoms with van der Waals surface area (Å²) in [6.07, 6.45) is 2.64. The molecule has 0 aromatic rings. The fourth-order valence-electron chi connectivity index (χ4n) is 0.735. The molecule has 1 N–H and O–H groups in total. The summed E-state index contributed by atoms with van der Waals surface area (Å²) in [4.78, 5) is 21.6.